The molecule has 0 spiro atoms. The zero-order valence-corrected chi connectivity index (χ0v) is 11.1. The predicted octanol–water partition coefficient (Wildman–Crippen LogP) is 0.740. The van der Waals surface area contributed by atoms with E-state index in [0.717, 1.165) is 12.2 Å². The lowest BCUT2D eigenvalue weighted by molar-refractivity contribution is -0.120. The summed E-state index contributed by atoms with van der Waals surface area (Å²) < 4.78 is 21.2. The summed E-state index contributed by atoms with van der Waals surface area (Å²) in [6.45, 7) is 4.09. The average molecular weight is 237 g/mol. The van der Waals surface area contributed by atoms with Crippen LogP contribution in [-0.2, 0) is 20.3 Å². The zero-order chi connectivity index (χ0) is 11.8. The first-order valence-corrected chi connectivity index (χ1v) is 6.85. The molecule has 0 aromatic carbocycles. The molecular formula is C10H23NO3S. The van der Waals surface area contributed by atoms with Crippen LogP contribution >= 0.6 is 0 Å². The van der Waals surface area contributed by atoms with Crippen molar-refractivity contribution in [2.75, 3.05) is 26.2 Å². The molecule has 5 heteroatoms. The SMILES string of the molecule is COC(OC)C(C)NC(C)CCS(C)=O. The molecule has 3 unspecified atom stereocenters. The summed E-state index contributed by atoms with van der Waals surface area (Å²) in [5.74, 6) is 0.728. The van der Waals surface area contributed by atoms with Gasteiger partial charge < -0.3 is 14.8 Å². The highest BCUT2D eigenvalue weighted by molar-refractivity contribution is 7.84. The van der Waals surface area contributed by atoms with Gasteiger partial charge in [0.05, 0.1) is 6.04 Å². The largest absolute Gasteiger partial charge is 0.354 e. The highest BCUT2D eigenvalue weighted by Gasteiger charge is 2.17. The van der Waals surface area contributed by atoms with Gasteiger partial charge in [-0.05, 0) is 20.3 Å². The van der Waals surface area contributed by atoms with E-state index in [1.807, 2.05) is 6.92 Å². The molecule has 0 bridgehead atoms. The van der Waals surface area contributed by atoms with E-state index in [1.54, 1.807) is 20.5 Å². The molecule has 0 aliphatic heterocycles. The lowest BCUT2D eigenvalue weighted by atomic mass is 10.2. The van der Waals surface area contributed by atoms with E-state index >= 15 is 0 Å². The van der Waals surface area contributed by atoms with Gasteiger partial charge in [0.1, 0.15) is 0 Å². The van der Waals surface area contributed by atoms with Crippen molar-refractivity contribution >= 4 is 10.8 Å². The number of methoxy groups -OCH3 is 2. The standard InChI is InChI=1S/C10H23NO3S/c1-8(6-7-15(5)12)11-9(2)10(13-3)14-4/h8-11H,6-7H2,1-5H3. The quantitative estimate of drug-likeness (QED) is 0.633. The molecule has 0 aliphatic carbocycles. The highest BCUT2D eigenvalue weighted by Crippen LogP contribution is 2.02. The lowest BCUT2D eigenvalue weighted by Crippen LogP contribution is -2.44. The highest BCUT2D eigenvalue weighted by atomic mass is 32.2. The van der Waals surface area contributed by atoms with Gasteiger partial charge in [0.2, 0.25) is 0 Å². The number of nitrogens with one attached hydrogen (secondary N) is 1. The maximum absolute atomic E-state index is 10.9. The van der Waals surface area contributed by atoms with E-state index < -0.39 is 10.8 Å². The van der Waals surface area contributed by atoms with Crippen molar-refractivity contribution in [1.82, 2.24) is 5.32 Å². The third kappa shape index (κ3) is 7.00. The second-order valence-corrected chi connectivity index (χ2v) is 5.32. The fraction of sp³-hybridized carbons (Fsp3) is 1.00. The molecule has 0 aliphatic rings. The third-order valence-electron chi connectivity index (χ3n) is 2.26. The van der Waals surface area contributed by atoms with Crippen LogP contribution in [0, 0.1) is 0 Å². The molecule has 1 N–H and O–H groups in total. The van der Waals surface area contributed by atoms with Crippen LogP contribution in [0.2, 0.25) is 0 Å². The molecule has 0 radical (unpaired) electrons. The molecule has 4 nitrogen and oxygen atoms in total. The Bertz CT molecular complexity index is 186. The van der Waals surface area contributed by atoms with Gasteiger partial charge in [-0.2, -0.15) is 0 Å². The van der Waals surface area contributed by atoms with Crippen molar-refractivity contribution < 1.29 is 13.7 Å². The van der Waals surface area contributed by atoms with Crippen molar-refractivity contribution in [3.8, 4) is 0 Å². The monoisotopic (exact) mass is 237 g/mol. The Morgan fingerprint density at radius 2 is 1.80 bits per heavy atom. The van der Waals surface area contributed by atoms with Gasteiger partial charge in [0, 0.05) is 43.1 Å². The zero-order valence-electron chi connectivity index (χ0n) is 10.3. The lowest BCUT2D eigenvalue weighted by Gasteiger charge is -2.25. The van der Waals surface area contributed by atoms with E-state index in [0.29, 0.717) is 6.04 Å². The van der Waals surface area contributed by atoms with E-state index in [1.165, 1.54) is 0 Å². The van der Waals surface area contributed by atoms with E-state index in [9.17, 15) is 4.21 Å². The molecule has 0 fully saturated rings. The van der Waals surface area contributed by atoms with Crippen LogP contribution in [0.3, 0.4) is 0 Å². The Labute approximate surface area is 95.2 Å². The summed E-state index contributed by atoms with van der Waals surface area (Å²) in [6.07, 6.45) is 2.39. The molecule has 0 amide bonds. The van der Waals surface area contributed by atoms with Crippen LogP contribution in [0.4, 0.5) is 0 Å². The minimum Gasteiger partial charge on any atom is -0.354 e. The summed E-state index contributed by atoms with van der Waals surface area (Å²) in [4.78, 5) is 0. The second kappa shape index (κ2) is 8.21. The summed E-state index contributed by atoms with van der Waals surface area (Å²) in [6, 6.07) is 0.442. The first kappa shape index (κ1) is 15.0. The van der Waals surface area contributed by atoms with Crippen molar-refractivity contribution in [2.45, 2.75) is 38.6 Å². The van der Waals surface area contributed by atoms with Gasteiger partial charge in [-0.25, -0.2) is 0 Å². The molecule has 15 heavy (non-hydrogen) atoms. The Hall–Kier alpha value is 0.0300. The van der Waals surface area contributed by atoms with E-state index in [4.69, 9.17) is 9.47 Å². The Morgan fingerprint density at radius 1 is 1.27 bits per heavy atom. The molecule has 0 saturated heterocycles. The first-order valence-electron chi connectivity index (χ1n) is 5.13. The number of hydrogen-bond donors (Lipinski definition) is 1. The van der Waals surface area contributed by atoms with Gasteiger partial charge in [-0.1, -0.05) is 0 Å². The first-order chi connectivity index (χ1) is 7.01. The van der Waals surface area contributed by atoms with Gasteiger partial charge >= 0.3 is 0 Å². The molecule has 92 valence electrons. The number of rotatable bonds is 8. The Morgan fingerprint density at radius 3 is 2.20 bits per heavy atom. The molecule has 3 atom stereocenters. The van der Waals surface area contributed by atoms with E-state index in [2.05, 4.69) is 12.2 Å². The van der Waals surface area contributed by atoms with Gasteiger partial charge in [0.25, 0.3) is 0 Å². The van der Waals surface area contributed by atoms with Gasteiger partial charge in [0.15, 0.2) is 6.29 Å². The van der Waals surface area contributed by atoms with E-state index in [-0.39, 0.29) is 12.3 Å². The normalized spacial score (nSPS) is 17.7. The topological polar surface area (TPSA) is 47.6 Å². The van der Waals surface area contributed by atoms with Crippen LogP contribution in [-0.4, -0.2) is 48.8 Å². The molecule has 0 heterocycles. The summed E-state index contributed by atoms with van der Waals surface area (Å²) in [5, 5.41) is 3.35. The predicted molar refractivity (Wildman–Crippen MR) is 63.4 cm³/mol. The van der Waals surface area contributed by atoms with Crippen LogP contribution < -0.4 is 5.32 Å². The van der Waals surface area contributed by atoms with Crippen LogP contribution in [0.5, 0.6) is 0 Å². The molecule has 0 aromatic rings. The molecular weight excluding hydrogens is 214 g/mol. The minimum atomic E-state index is -0.718. The minimum absolute atomic E-state index is 0.125. The van der Waals surface area contributed by atoms with Crippen LogP contribution in [0.1, 0.15) is 20.3 Å². The fourth-order valence-electron chi connectivity index (χ4n) is 1.46. The smallest absolute Gasteiger partial charge is 0.171 e. The average Bonchev–Trinajstić information content (AvgIpc) is 2.16. The van der Waals surface area contributed by atoms with Gasteiger partial charge in [-0.15, -0.1) is 0 Å². The van der Waals surface area contributed by atoms with Crippen LogP contribution in [0.25, 0.3) is 0 Å². The summed E-state index contributed by atoms with van der Waals surface area (Å²) in [7, 11) is 2.53. The summed E-state index contributed by atoms with van der Waals surface area (Å²) >= 11 is 0. The number of hydrogen-bond acceptors (Lipinski definition) is 4. The van der Waals surface area contributed by atoms with Crippen LogP contribution in [0.15, 0.2) is 0 Å². The maximum Gasteiger partial charge on any atom is 0.171 e. The Kier molecular flexibility index (Phi) is 8.23. The fourth-order valence-corrected chi connectivity index (χ4v) is 2.14. The molecule has 0 aromatic heterocycles. The van der Waals surface area contributed by atoms with Crippen molar-refractivity contribution in [1.29, 1.82) is 0 Å². The second-order valence-electron chi connectivity index (χ2n) is 3.76. The third-order valence-corrected chi connectivity index (χ3v) is 3.07. The Balaban J connectivity index is 3.83. The maximum atomic E-state index is 10.9. The molecule has 0 rings (SSSR count). The number of ether oxygens (including phenoxy) is 2. The van der Waals surface area contributed by atoms with Gasteiger partial charge in [-0.3, -0.25) is 4.21 Å². The van der Waals surface area contributed by atoms with Crippen molar-refractivity contribution in [3.63, 3.8) is 0 Å². The summed E-state index contributed by atoms with van der Waals surface area (Å²) in [5.41, 5.74) is 0. The van der Waals surface area contributed by atoms with Crippen molar-refractivity contribution in [2.24, 2.45) is 0 Å². The molecule has 0 saturated carbocycles. The van der Waals surface area contributed by atoms with Crippen molar-refractivity contribution in [3.05, 3.63) is 0 Å².